The summed E-state index contributed by atoms with van der Waals surface area (Å²) < 4.78 is 10.7. The minimum absolute atomic E-state index is 0.143. The SMILES string of the molecule is C=C(NNC(=O)COc1ccccc1OC)c1cccc2ccccc12. The van der Waals surface area contributed by atoms with Crippen LogP contribution in [0.2, 0.25) is 0 Å². The molecule has 1 amide bonds. The summed E-state index contributed by atoms with van der Waals surface area (Å²) >= 11 is 0. The Morgan fingerprint density at radius 2 is 1.62 bits per heavy atom. The van der Waals surface area contributed by atoms with Gasteiger partial charge in [0.1, 0.15) is 0 Å². The van der Waals surface area contributed by atoms with Crippen molar-refractivity contribution >= 4 is 22.4 Å². The quantitative estimate of drug-likeness (QED) is 0.642. The van der Waals surface area contributed by atoms with Crippen molar-refractivity contribution in [2.75, 3.05) is 13.7 Å². The zero-order valence-corrected chi connectivity index (χ0v) is 14.5. The molecule has 0 bridgehead atoms. The number of hydrogen-bond acceptors (Lipinski definition) is 4. The highest BCUT2D eigenvalue weighted by Crippen LogP contribution is 2.25. The second kappa shape index (κ2) is 8.07. The molecule has 0 aliphatic rings. The van der Waals surface area contributed by atoms with Gasteiger partial charge >= 0.3 is 0 Å². The van der Waals surface area contributed by atoms with E-state index in [-0.39, 0.29) is 12.5 Å². The smallest absolute Gasteiger partial charge is 0.276 e. The number of hydrogen-bond donors (Lipinski definition) is 2. The maximum absolute atomic E-state index is 12.0. The van der Waals surface area contributed by atoms with Gasteiger partial charge in [0.05, 0.1) is 12.8 Å². The molecular formula is C21H20N2O3. The Balaban J connectivity index is 1.58. The average molecular weight is 348 g/mol. The van der Waals surface area contributed by atoms with E-state index in [9.17, 15) is 4.79 Å². The molecule has 3 rings (SSSR count). The van der Waals surface area contributed by atoms with E-state index in [1.165, 1.54) is 0 Å². The molecule has 3 aromatic carbocycles. The number of hydrazine groups is 1. The van der Waals surface area contributed by atoms with Crippen LogP contribution in [0.25, 0.3) is 16.5 Å². The molecule has 0 aliphatic carbocycles. The number of amides is 1. The number of nitrogens with one attached hydrogen (secondary N) is 2. The third-order valence-corrected chi connectivity index (χ3v) is 3.90. The Morgan fingerprint density at radius 1 is 0.923 bits per heavy atom. The van der Waals surface area contributed by atoms with Crippen molar-refractivity contribution < 1.29 is 14.3 Å². The summed E-state index contributed by atoms with van der Waals surface area (Å²) in [5.41, 5.74) is 6.98. The van der Waals surface area contributed by atoms with Gasteiger partial charge in [0.25, 0.3) is 5.91 Å². The van der Waals surface area contributed by atoms with Gasteiger partial charge in [0, 0.05) is 5.56 Å². The molecular weight excluding hydrogens is 328 g/mol. The molecule has 0 heterocycles. The zero-order valence-electron chi connectivity index (χ0n) is 14.5. The summed E-state index contributed by atoms with van der Waals surface area (Å²) in [7, 11) is 1.55. The lowest BCUT2D eigenvalue weighted by Crippen LogP contribution is -2.39. The van der Waals surface area contributed by atoms with Crippen molar-refractivity contribution in [3.05, 3.63) is 78.9 Å². The molecule has 0 atom stereocenters. The van der Waals surface area contributed by atoms with E-state index >= 15 is 0 Å². The van der Waals surface area contributed by atoms with Crippen LogP contribution in [0, 0.1) is 0 Å². The monoisotopic (exact) mass is 348 g/mol. The molecule has 5 nitrogen and oxygen atoms in total. The van der Waals surface area contributed by atoms with Crippen LogP contribution in [-0.2, 0) is 4.79 Å². The fraction of sp³-hybridized carbons (Fsp3) is 0.0952. The van der Waals surface area contributed by atoms with Crippen LogP contribution in [0.5, 0.6) is 11.5 Å². The van der Waals surface area contributed by atoms with E-state index in [1.54, 1.807) is 19.2 Å². The first-order valence-corrected chi connectivity index (χ1v) is 8.17. The maximum Gasteiger partial charge on any atom is 0.276 e. The van der Waals surface area contributed by atoms with Crippen molar-refractivity contribution in [2.24, 2.45) is 0 Å². The van der Waals surface area contributed by atoms with Crippen LogP contribution in [0.15, 0.2) is 73.3 Å². The zero-order chi connectivity index (χ0) is 18.4. The average Bonchev–Trinajstić information content (AvgIpc) is 2.70. The highest BCUT2D eigenvalue weighted by molar-refractivity contribution is 5.93. The highest BCUT2D eigenvalue weighted by atomic mass is 16.5. The van der Waals surface area contributed by atoms with Crippen molar-refractivity contribution in [3.8, 4) is 11.5 Å². The Bertz CT molecular complexity index is 932. The molecule has 0 saturated carbocycles. The predicted octanol–water partition coefficient (Wildman–Crippen LogP) is 3.52. The van der Waals surface area contributed by atoms with Crippen molar-refractivity contribution in [1.29, 1.82) is 0 Å². The van der Waals surface area contributed by atoms with Gasteiger partial charge in [-0.1, -0.05) is 61.2 Å². The number of fused-ring (bicyclic) bond motifs is 1. The maximum atomic E-state index is 12.0. The van der Waals surface area contributed by atoms with Crippen LogP contribution < -0.4 is 20.3 Å². The van der Waals surface area contributed by atoms with E-state index in [0.717, 1.165) is 16.3 Å². The van der Waals surface area contributed by atoms with E-state index in [2.05, 4.69) is 17.4 Å². The first-order valence-electron chi connectivity index (χ1n) is 8.17. The summed E-state index contributed by atoms with van der Waals surface area (Å²) in [6.07, 6.45) is 0. The fourth-order valence-corrected chi connectivity index (χ4v) is 2.62. The highest BCUT2D eigenvalue weighted by Gasteiger charge is 2.08. The molecule has 26 heavy (non-hydrogen) atoms. The summed E-state index contributed by atoms with van der Waals surface area (Å²) in [6, 6.07) is 21.1. The summed E-state index contributed by atoms with van der Waals surface area (Å²) in [4.78, 5) is 12.0. The molecule has 5 heteroatoms. The van der Waals surface area contributed by atoms with Gasteiger partial charge in [0.15, 0.2) is 18.1 Å². The van der Waals surface area contributed by atoms with Crippen LogP contribution in [0.3, 0.4) is 0 Å². The molecule has 0 aromatic heterocycles. The minimum atomic E-state index is -0.322. The molecule has 0 aliphatic heterocycles. The number of rotatable bonds is 7. The second-order valence-corrected chi connectivity index (χ2v) is 5.62. The summed E-state index contributed by atoms with van der Waals surface area (Å²) in [6.45, 7) is 3.86. The number of benzene rings is 3. The number of carbonyl (C=O) groups is 1. The number of ether oxygens (including phenoxy) is 2. The Hall–Kier alpha value is -3.47. The number of carbonyl (C=O) groups excluding carboxylic acids is 1. The van der Waals surface area contributed by atoms with Gasteiger partial charge in [-0.3, -0.25) is 15.6 Å². The third-order valence-electron chi connectivity index (χ3n) is 3.90. The third kappa shape index (κ3) is 3.95. The number of para-hydroxylation sites is 2. The van der Waals surface area contributed by atoms with Gasteiger partial charge in [-0.2, -0.15) is 0 Å². The van der Waals surface area contributed by atoms with E-state index < -0.39 is 0 Å². The van der Waals surface area contributed by atoms with E-state index in [0.29, 0.717) is 17.2 Å². The first-order chi connectivity index (χ1) is 12.7. The van der Waals surface area contributed by atoms with Gasteiger partial charge in [-0.15, -0.1) is 0 Å². The fourth-order valence-electron chi connectivity index (χ4n) is 2.62. The minimum Gasteiger partial charge on any atom is -0.493 e. The van der Waals surface area contributed by atoms with Crippen LogP contribution in [0.1, 0.15) is 5.56 Å². The topological polar surface area (TPSA) is 59.6 Å². The van der Waals surface area contributed by atoms with Gasteiger partial charge in [-0.05, 0) is 22.9 Å². The molecule has 0 saturated heterocycles. The lowest BCUT2D eigenvalue weighted by molar-refractivity contribution is -0.123. The van der Waals surface area contributed by atoms with Crippen molar-refractivity contribution in [1.82, 2.24) is 10.9 Å². The molecule has 0 fully saturated rings. The normalized spacial score (nSPS) is 10.2. The standard InChI is InChI=1S/C21H20N2O3/c1-15(17-11-7-9-16-8-3-4-10-18(16)17)22-23-21(24)14-26-20-13-6-5-12-19(20)25-2/h3-13,22H,1,14H2,2H3,(H,23,24). The van der Waals surface area contributed by atoms with Crippen molar-refractivity contribution in [2.45, 2.75) is 0 Å². The van der Waals surface area contributed by atoms with Gasteiger partial charge < -0.3 is 9.47 Å². The van der Waals surface area contributed by atoms with E-state index in [1.807, 2.05) is 54.6 Å². The largest absolute Gasteiger partial charge is 0.493 e. The van der Waals surface area contributed by atoms with Crippen LogP contribution in [0.4, 0.5) is 0 Å². The van der Waals surface area contributed by atoms with Crippen LogP contribution in [-0.4, -0.2) is 19.6 Å². The second-order valence-electron chi connectivity index (χ2n) is 5.62. The van der Waals surface area contributed by atoms with Crippen molar-refractivity contribution in [3.63, 3.8) is 0 Å². The Kier molecular flexibility index (Phi) is 5.39. The molecule has 3 aromatic rings. The van der Waals surface area contributed by atoms with Gasteiger partial charge in [-0.25, -0.2) is 0 Å². The Morgan fingerprint density at radius 3 is 2.42 bits per heavy atom. The lowest BCUT2D eigenvalue weighted by Gasteiger charge is -2.14. The van der Waals surface area contributed by atoms with Crippen LogP contribution >= 0.6 is 0 Å². The lowest BCUT2D eigenvalue weighted by atomic mass is 10.0. The number of methoxy groups -OCH3 is 1. The Labute approximate surface area is 152 Å². The molecule has 0 unspecified atom stereocenters. The summed E-state index contributed by atoms with van der Waals surface area (Å²) in [5.74, 6) is 0.767. The molecule has 0 radical (unpaired) electrons. The summed E-state index contributed by atoms with van der Waals surface area (Å²) in [5, 5.41) is 2.17. The molecule has 0 spiro atoms. The van der Waals surface area contributed by atoms with E-state index in [4.69, 9.17) is 9.47 Å². The van der Waals surface area contributed by atoms with Gasteiger partial charge in [0.2, 0.25) is 0 Å². The molecule has 132 valence electrons. The molecule has 2 N–H and O–H groups in total. The predicted molar refractivity (Wildman–Crippen MR) is 103 cm³/mol. The first kappa shape index (κ1) is 17.4.